The van der Waals surface area contributed by atoms with Gasteiger partial charge in [0.15, 0.2) is 0 Å². The number of ether oxygens (including phenoxy) is 1. The van der Waals surface area contributed by atoms with E-state index in [0.29, 0.717) is 43.3 Å². The maximum absolute atomic E-state index is 14.7. The minimum absolute atomic E-state index is 0.0321. The molecule has 5 nitrogen and oxygen atoms in total. The molecule has 0 N–H and O–H groups in total. The Balaban J connectivity index is 1.85. The highest BCUT2D eigenvalue weighted by Gasteiger charge is 2.35. The number of amidine groups is 1. The third-order valence-electron chi connectivity index (χ3n) is 5.30. The zero-order valence-corrected chi connectivity index (χ0v) is 18.2. The maximum Gasteiger partial charge on any atom is 0.252 e. The van der Waals surface area contributed by atoms with E-state index in [0.717, 1.165) is 12.1 Å². The van der Waals surface area contributed by atoms with E-state index in [2.05, 4.69) is 9.98 Å². The summed E-state index contributed by atoms with van der Waals surface area (Å²) in [5, 5.41) is 0.357. The lowest BCUT2D eigenvalue weighted by molar-refractivity contribution is -0.122. The van der Waals surface area contributed by atoms with Crippen molar-refractivity contribution in [2.45, 2.75) is 13.3 Å². The molecule has 2 aliphatic rings. The highest BCUT2D eigenvalue weighted by atomic mass is 35.5. The predicted octanol–water partition coefficient (Wildman–Crippen LogP) is 4.91. The number of carbonyl (C=O) groups is 1. The van der Waals surface area contributed by atoms with Crippen molar-refractivity contribution in [3.8, 4) is 0 Å². The normalized spacial score (nSPS) is 18.2. The van der Waals surface area contributed by atoms with E-state index in [-0.39, 0.29) is 39.7 Å². The molecule has 0 spiro atoms. The molecule has 2 heterocycles. The Kier molecular flexibility index (Phi) is 6.36. The fourth-order valence-electron chi connectivity index (χ4n) is 3.77. The number of hydrogen-bond donors (Lipinski definition) is 0. The third-order valence-corrected chi connectivity index (χ3v) is 6.10. The van der Waals surface area contributed by atoms with Gasteiger partial charge in [-0.05, 0) is 37.6 Å². The lowest BCUT2D eigenvalue weighted by Gasteiger charge is -2.32. The van der Waals surface area contributed by atoms with Crippen LogP contribution in [0.3, 0.4) is 0 Å². The second-order valence-electron chi connectivity index (χ2n) is 7.18. The molecule has 2 aromatic carbocycles. The number of benzene rings is 2. The van der Waals surface area contributed by atoms with Gasteiger partial charge in [-0.25, -0.2) is 8.78 Å². The summed E-state index contributed by atoms with van der Waals surface area (Å²) >= 11 is 12.8. The summed E-state index contributed by atoms with van der Waals surface area (Å²) in [5.41, 5.74) is 0.586. The molecule has 0 fully saturated rings. The molecular formula is C22H19Cl2F2N3O2. The summed E-state index contributed by atoms with van der Waals surface area (Å²) < 4.78 is 34.7. The van der Waals surface area contributed by atoms with E-state index in [1.54, 1.807) is 12.1 Å². The van der Waals surface area contributed by atoms with Gasteiger partial charge in [-0.15, -0.1) is 0 Å². The van der Waals surface area contributed by atoms with Crippen molar-refractivity contribution in [2.24, 2.45) is 15.9 Å². The first-order chi connectivity index (χ1) is 14.9. The molecule has 31 heavy (non-hydrogen) atoms. The number of halogens is 4. The van der Waals surface area contributed by atoms with Crippen molar-refractivity contribution in [1.82, 2.24) is 0 Å². The summed E-state index contributed by atoms with van der Waals surface area (Å²) in [4.78, 5) is 23.0. The van der Waals surface area contributed by atoms with Crippen molar-refractivity contribution in [3.63, 3.8) is 0 Å². The highest BCUT2D eigenvalue weighted by Crippen LogP contribution is 2.39. The summed E-state index contributed by atoms with van der Waals surface area (Å²) in [6.07, 6.45) is 0.506. The molecule has 1 unspecified atom stereocenters. The molecule has 1 amide bonds. The first-order valence-electron chi connectivity index (χ1n) is 9.86. The second-order valence-corrected chi connectivity index (χ2v) is 7.96. The molecule has 1 atom stereocenters. The number of fused-ring (bicyclic) bond motifs is 3. The monoisotopic (exact) mass is 465 g/mol. The van der Waals surface area contributed by atoms with Crippen molar-refractivity contribution in [2.75, 3.05) is 31.2 Å². The second kappa shape index (κ2) is 9.02. The average Bonchev–Trinajstić information content (AvgIpc) is 2.88. The van der Waals surface area contributed by atoms with E-state index in [1.165, 1.54) is 6.07 Å². The zero-order valence-electron chi connectivity index (χ0n) is 16.7. The summed E-state index contributed by atoms with van der Waals surface area (Å²) in [5.74, 6) is -1.79. The van der Waals surface area contributed by atoms with Gasteiger partial charge >= 0.3 is 0 Å². The van der Waals surface area contributed by atoms with Crippen LogP contribution in [0.4, 0.5) is 14.5 Å². The van der Waals surface area contributed by atoms with Gasteiger partial charge in [0, 0.05) is 25.3 Å². The Labute approximate surface area is 188 Å². The lowest BCUT2D eigenvalue weighted by Crippen LogP contribution is -2.44. The van der Waals surface area contributed by atoms with Crippen LogP contribution in [0.2, 0.25) is 10.0 Å². The van der Waals surface area contributed by atoms with Crippen molar-refractivity contribution >= 4 is 46.3 Å². The molecule has 162 valence electrons. The standard InChI is InChI=1S/C22H19Cl2F2N3O2/c1-2-31-9-8-12-11-29-16-7-6-13(23)20(24)19(16)21(27-10-17(29)28-22(12)30)18-14(25)4-3-5-15(18)26/h3-7,12H,2,8-11H2,1H3. The molecule has 0 bridgehead atoms. The molecule has 0 saturated carbocycles. The molecule has 4 rings (SSSR count). The Bertz CT molecular complexity index is 1080. The van der Waals surface area contributed by atoms with Crippen molar-refractivity contribution in [3.05, 3.63) is 63.1 Å². The van der Waals surface area contributed by atoms with Crippen molar-refractivity contribution in [1.29, 1.82) is 0 Å². The van der Waals surface area contributed by atoms with Crippen LogP contribution < -0.4 is 4.90 Å². The van der Waals surface area contributed by atoms with Crippen LogP contribution in [-0.4, -0.2) is 43.8 Å². The fourth-order valence-corrected chi connectivity index (χ4v) is 4.18. The Morgan fingerprint density at radius 2 is 1.90 bits per heavy atom. The molecule has 0 saturated heterocycles. The first kappa shape index (κ1) is 21.9. The largest absolute Gasteiger partial charge is 0.382 e. The van der Waals surface area contributed by atoms with Gasteiger partial charge in [0.05, 0.1) is 39.5 Å². The summed E-state index contributed by atoms with van der Waals surface area (Å²) in [6.45, 7) is 3.17. The SMILES string of the molecule is CCOCCC1CN2C(=NC1=O)CN=C(c1c(F)cccc1F)c1c2ccc(Cl)c1Cl. The number of hydrogen-bond acceptors (Lipinski definition) is 4. The first-order valence-corrected chi connectivity index (χ1v) is 10.6. The molecule has 0 aliphatic carbocycles. The quantitative estimate of drug-likeness (QED) is 0.589. The number of amides is 1. The predicted molar refractivity (Wildman–Crippen MR) is 118 cm³/mol. The number of anilines is 1. The minimum Gasteiger partial charge on any atom is -0.382 e. The van der Waals surface area contributed by atoms with E-state index >= 15 is 0 Å². The van der Waals surface area contributed by atoms with Gasteiger partial charge < -0.3 is 9.64 Å². The topological polar surface area (TPSA) is 54.3 Å². The van der Waals surface area contributed by atoms with Crippen LogP contribution >= 0.6 is 23.2 Å². The molecule has 2 aromatic rings. The number of aliphatic imine (C=N–C) groups is 2. The van der Waals surface area contributed by atoms with Gasteiger partial charge in [0.1, 0.15) is 17.5 Å². The molecular weight excluding hydrogens is 447 g/mol. The molecule has 0 radical (unpaired) electrons. The number of carbonyl (C=O) groups excluding carboxylic acids is 1. The average molecular weight is 466 g/mol. The third kappa shape index (κ3) is 4.10. The van der Waals surface area contributed by atoms with Crippen LogP contribution in [0.25, 0.3) is 0 Å². The van der Waals surface area contributed by atoms with E-state index in [9.17, 15) is 13.6 Å². The van der Waals surface area contributed by atoms with Gasteiger partial charge in [-0.3, -0.25) is 9.79 Å². The van der Waals surface area contributed by atoms with Gasteiger partial charge in [-0.2, -0.15) is 4.99 Å². The van der Waals surface area contributed by atoms with Crippen LogP contribution in [0.5, 0.6) is 0 Å². The molecule has 2 aliphatic heterocycles. The maximum atomic E-state index is 14.7. The Hall–Kier alpha value is -2.35. The Morgan fingerprint density at radius 1 is 1.16 bits per heavy atom. The van der Waals surface area contributed by atoms with Crippen LogP contribution in [-0.2, 0) is 9.53 Å². The number of nitrogens with zero attached hydrogens (tertiary/aromatic N) is 3. The smallest absolute Gasteiger partial charge is 0.252 e. The highest BCUT2D eigenvalue weighted by molar-refractivity contribution is 6.45. The van der Waals surface area contributed by atoms with E-state index < -0.39 is 11.6 Å². The van der Waals surface area contributed by atoms with Crippen LogP contribution in [0.15, 0.2) is 40.3 Å². The lowest BCUT2D eigenvalue weighted by atomic mass is 9.97. The molecule has 9 heteroatoms. The summed E-state index contributed by atoms with van der Waals surface area (Å²) in [7, 11) is 0. The van der Waals surface area contributed by atoms with Gasteiger partial charge in [0.25, 0.3) is 5.91 Å². The van der Waals surface area contributed by atoms with E-state index in [4.69, 9.17) is 27.9 Å². The zero-order chi connectivity index (χ0) is 22.1. The Morgan fingerprint density at radius 3 is 2.61 bits per heavy atom. The van der Waals surface area contributed by atoms with E-state index in [1.807, 2.05) is 11.8 Å². The summed E-state index contributed by atoms with van der Waals surface area (Å²) in [6, 6.07) is 6.89. The van der Waals surface area contributed by atoms with Crippen LogP contribution in [0, 0.1) is 17.6 Å². The van der Waals surface area contributed by atoms with Gasteiger partial charge in [-0.1, -0.05) is 29.3 Å². The number of rotatable bonds is 5. The van der Waals surface area contributed by atoms with Crippen LogP contribution in [0.1, 0.15) is 24.5 Å². The fraction of sp³-hybridized carbons (Fsp3) is 0.318. The molecule has 0 aromatic heterocycles. The van der Waals surface area contributed by atoms with Crippen molar-refractivity contribution < 1.29 is 18.3 Å². The minimum atomic E-state index is -0.770. The van der Waals surface area contributed by atoms with Gasteiger partial charge in [0.2, 0.25) is 0 Å².